The number of hydrogen-bond acceptors (Lipinski definition) is 6. The molecule has 3 aromatic heterocycles. The highest BCUT2D eigenvalue weighted by atomic mass is 32.1. The second-order valence-electron chi connectivity index (χ2n) is 6.21. The van der Waals surface area contributed by atoms with E-state index in [1.807, 2.05) is 42.5 Å². The maximum atomic E-state index is 13.1. The van der Waals surface area contributed by atoms with Crippen molar-refractivity contribution in [3.63, 3.8) is 0 Å². The van der Waals surface area contributed by atoms with Crippen LogP contribution in [0.3, 0.4) is 0 Å². The minimum atomic E-state index is -0.180. The number of para-hydroxylation sites is 1. The van der Waals surface area contributed by atoms with Crippen LogP contribution in [0.25, 0.3) is 22.6 Å². The number of rotatable bonds is 3. The second kappa shape index (κ2) is 6.44. The summed E-state index contributed by atoms with van der Waals surface area (Å²) in [5, 5.41) is 11.9. The van der Waals surface area contributed by atoms with Gasteiger partial charge in [0.05, 0.1) is 23.0 Å². The van der Waals surface area contributed by atoms with Crippen molar-refractivity contribution >= 4 is 44.9 Å². The van der Waals surface area contributed by atoms with Crippen LogP contribution in [0.5, 0.6) is 0 Å². The zero-order valence-corrected chi connectivity index (χ0v) is 15.0. The Morgan fingerprint density at radius 2 is 2.11 bits per heavy atom. The number of aromatic nitrogens is 3. The van der Waals surface area contributed by atoms with Crippen molar-refractivity contribution in [3.8, 4) is 0 Å². The summed E-state index contributed by atoms with van der Waals surface area (Å²) in [4.78, 5) is 17.9. The molecule has 0 atom stereocenters. The number of nitrogens with one attached hydrogen (secondary N) is 1. The first-order chi connectivity index (χ1) is 13.3. The number of carbonyl (C=O) groups excluding carboxylic acids is 1. The van der Waals surface area contributed by atoms with Gasteiger partial charge in [0.25, 0.3) is 5.91 Å². The highest BCUT2D eigenvalue weighted by Crippen LogP contribution is 2.37. The molecule has 7 heteroatoms. The molecule has 0 spiro atoms. The Labute approximate surface area is 158 Å². The summed E-state index contributed by atoms with van der Waals surface area (Å²) in [7, 11) is 0. The summed E-state index contributed by atoms with van der Waals surface area (Å²) in [6.07, 6.45) is 5.23. The van der Waals surface area contributed by atoms with Crippen LogP contribution in [0.1, 0.15) is 33.8 Å². The van der Waals surface area contributed by atoms with E-state index in [0.29, 0.717) is 10.7 Å². The summed E-state index contributed by atoms with van der Waals surface area (Å²) < 4.78 is 5.45. The molecule has 0 saturated heterocycles. The first kappa shape index (κ1) is 15.9. The first-order valence-electron chi connectivity index (χ1n) is 8.53. The van der Waals surface area contributed by atoms with Crippen molar-refractivity contribution in [1.29, 1.82) is 0 Å². The van der Waals surface area contributed by atoms with E-state index in [1.54, 1.807) is 11.8 Å². The molecule has 0 unspecified atom stereocenters. The topological polar surface area (TPSA) is 80.9 Å². The number of nitrogens with zero attached hydrogens (tertiary/aromatic N) is 3. The van der Waals surface area contributed by atoms with Gasteiger partial charge in [-0.15, -0.1) is 10.2 Å². The molecule has 1 aromatic carbocycles. The van der Waals surface area contributed by atoms with E-state index in [2.05, 4.69) is 15.5 Å². The molecule has 5 rings (SSSR count). The van der Waals surface area contributed by atoms with Gasteiger partial charge < -0.3 is 4.42 Å². The molecule has 132 valence electrons. The number of hydrogen-bond donors (Lipinski definition) is 1. The van der Waals surface area contributed by atoms with Crippen molar-refractivity contribution < 1.29 is 9.21 Å². The number of carbonyl (C=O) groups is 1. The third kappa shape index (κ3) is 2.82. The maximum absolute atomic E-state index is 13.1. The Morgan fingerprint density at radius 3 is 2.93 bits per heavy atom. The lowest BCUT2D eigenvalue weighted by Crippen LogP contribution is -2.15. The van der Waals surface area contributed by atoms with Gasteiger partial charge in [-0.2, -0.15) is 0 Å². The fraction of sp³-hybridized carbons (Fsp3) is 0.100. The van der Waals surface area contributed by atoms with Crippen molar-refractivity contribution in [1.82, 2.24) is 15.2 Å². The molecule has 0 fully saturated rings. The lowest BCUT2D eigenvalue weighted by molar-refractivity contribution is 0.102. The Hall–Kier alpha value is -3.32. The second-order valence-corrected chi connectivity index (χ2v) is 7.05. The molecule has 3 heterocycles. The van der Waals surface area contributed by atoms with E-state index < -0.39 is 0 Å². The number of benzene rings is 1. The van der Waals surface area contributed by atoms with E-state index in [1.165, 1.54) is 11.3 Å². The molecule has 1 aliphatic rings. The summed E-state index contributed by atoms with van der Waals surface area (Å²) in [6.45, 7) is 0. The quantitative estimate of drug-likeness (QED) is 0.574. The molecule has 4 aromatic rings. The van der Waals surface area contributed by atoms with Gasteiger partial charge in [0.2, 0.25) is 5.13 Å². The number of pyridine rings is 1. The van der Waals surface area contributed by atoms with Gasteiger partial charge in [0.1, 0.15) is 11.3 Å². The van der Waals surface area contributed by atoms with E-state index in [4.69, 9.17) is 9.40 Å². The van der Waals surface area contributed by atoms with E-state index >= 15 is 0 Å². The van der Waals surface area contributed by atoms with Crippen molar-refractivity contribution in [2.75, 3.05) is 5.32 Å². The molecule has 6 nitrogen and oxygen atoms in total. The maximum Gasteiger partial charge on any atom is 0.258 e. The van der Waals surface area contributed by atoms with Crippen LogP contribution in [0, 0.1) is 0 Å². The minimum absolute atomic E-state index is 0.180. The minimum Gasteiger partial charge on any atom is -0.465 e. The Bertz CT molecular complexity index is 1160. The summed E-state index contributed by atoms with van der Waals surface area (Å²) in [5.41, 5.74) is 5.96. The van der Waals surface area contributed by atoms with Gasteiger partial charge in [0.15, 0.2) is 0 Å². The molecule has 0 aliphatic heterocycles. The average molecular weight is 374 g/mol. The van der Waals surface area contributed by atoms with Crippen molar-refractivity contribution in [3.05, 3.63) is 70.8 Å². The third-order valence-corrected chi connectivity index (χ3v) is 5.22. The lowest BCUT2D eigenvalue weighted by atomic mass is 10.00. The number of anilines is 1. The van der Waals surface area contributed by atoms with Crippen LogP contribution >= 0.6 is 11.3 Å². The van der Waals surface area contributed by atoms with E-state index in [-0.39, 0.29) is 5.91 Å². The van der Waals surface area contributed by atoms with Gasteiger partial charge in [-0.05, 0) is 48.3 Å². The van der Waals surface area contributed by atoms with Crippen molar-refractivity contribution in [2.45, 2.75) is 12.8 Å². The molecule has 0 saturated carbocycles. The zero-order chi connectivity index (χ0) is 18.2. The van der Waals surface area contributed by atoms with E-state index in [9.17, 15) is 4.79 Å². The van der Waals surface area contributed by atoms with Gasteiger partial charge in [-0.3, -0.25) is 10.1 Å². The Morgan fingerprint density at radius 1 is 1.19 bits per heavy atom. The van der Waals surface area contributed by atoms with Crippen molar-refractivity contribution in [2.24, 2.45) is 0 Å². The number of furan rings is 1. The summed E-state index contributed by atoms with van der Waals surface area (Å²) in [6, 6.07) is 11.5. The van der Waals surface area contributed by atoms with Crippen LogP contribution < -0.4 is 5.32 Å². The largest absolute Gasteiger partial charge is 0.465 e. The smallest absolute Gasteiger partial charge is 0.258 e. The van der Waals surface area contributed by atoms with E-state index in [0.717, 1.165) is 46.3 Å². The van der Waals surface area contributed by atoms with Gasteiger partial charge >= 0.3 is 0 Å². The fourth-order valence-electron chi connectivity index (χ4n) is 3.47. The summed E-state index contributed by atoms with van der Waals surface area (Å²) in [5.74, 6) is 0.605. The summed E-state index contributed by atoms with van der Waals surface area (Å²) >= 11 is 1.29. The first-order valence-corrected chi connectivity index (χ1v) is 9.41. The fourth-order valence-corrected chi connectivity index (χ4v) is 3.91. The molecule has 27 heavy (non-hydrogen) atoms. The standard InChI is InChI=1S/C20H14N4O2S/c25-19(23-20-24-21-11-27-20)17-14-5-1-2-6-16(14)22-18-12(7-8-15(17)18)10-13-4-3-9-26-13/h1-6,9-11H,7-8H2,(H,23,24,25)/b12-10-. The zero-order valence-electron chi connectivity index (χ0n) is 14.2. The van der Waals surface area contributed by atoms with Gasteiger partial charge in [-0.25, -0.2) is 4.98 Å². The number of amides is 1. The highest BCUT2D eigenvalue weighted by Gasteiger charge is 2.27. The predicted octanol–water partition coefficient (Wildman–Crippen LogP) is 4.42. The molecule has 1 aliphatic carbocycles. The van der Waals surface area contributed by atoms with Crippen LogP contribution in [0.4, 0.5) is 5.13 Å². The Kier molecular flexibility index (Phi) is 3.79. The van der Waals surface area contributed by atoms with Crippen LogP contribution in [-0.4, -0.2) is 21.1 Å². The molecular weight excluding hydrogens is 360 g/mol. The normalized spacial score (nSPS) is 14.6. The van der Waals surface area contributed by atoms with Crippen LogP contribution in [-0.2, 0) is 6.42 Å². The lowest BCUT2D eigenvalue weighted by Gasteiger charge is -2.11. The third-order valence-electron chi connectivity index (χ3n) is 4.61. The predicted molar refractivity (Wildman–Crippen MR) is 105 cm³/mol. The monoisotopic (exact) mass is 374 g/mol. The van der Waals surface area contributed by atoms with Crippen LogP contribution in [0.2, 0.25) is 0 Å². The molecule has 0 bridgehead atoms. The SMILES string of the molecule is O=C(Nc1nncs1)c1c2c(nc3ccccc13)/C(=C\c1ccco1)CC2. The average Bonchev–Trinajstić information content (AvgIpc) is 3.43. The van der Waals surface area contributed by atoms with Crippen LogP contribution in [0.15, 0.2) is 52.6 Å². The van der Waals surface area contributed by atoms with Gasteiger partial charge in [0, 0.05) is 5.39 Å². The van der Waals surface area contributed by atoms with Gasteiger partial charge in [-0.1, -0.05) is 29.5 Å². The number of allylic oxidation sites excluding steroid dienone is 1. The molecule has 0 radical (unpaired) electrons. The highest BCUT2D eigenvalue weighted by molar-refractivity contribution is 7.13. The Balaban J connectivity index is 1.67. The molecule has 1 N–H and O–H groups in total. The molecule has 1 amide bonds. The number of fused-ring (bicyclic) bond motifs is 2. The molecular formula is C20H14N4O2S.